The number of nitrogens with one attached hydrogen (secondary N) is 1. The molecule has 138 valence electrons. The monoisotopic (exact) mass is 433 g/mol. The first-order valence-corrected chi connectivity index (χ1v) is 10.5. The normalized spacial score (nSPS) is 18.5. The molecule has 1 aromatic rings. The quantitative estimate of drug-likeness (QED) is 0.491. The third-order valence-corrected chi connectivity index (χ3v) is 5.81. The molecule has 0 radical (unpaired) electrons. The van der Waals surface area contributed by atoms with Crippen molar-refractivity contribution in [3.05, 3.63) is 28.7 Å². The summed E-state index contributed by atoms with van der Waals surface area (Å²) in [5.41, 5.74) is 0. The number of hydrogen-bond donors (Lipinski definition) is 1. The molecular formula is C16H20BrNO6S. The number of rotatable bonds is 8. The number of benzene rings is 1. The minimum atomic E-state index is -3.05. The fourth-order valence-electron chi connectivity index (χ4n) is 2.36. The number of ether oxygens (including phenoxy) is 2. The molecule has 9 heteroatoms. The lowest BCUT2D eigenvalue weighted by Gasteiger charge is -2.11. The Balaban J connectivity index is 1.57. The first-order valence-electron chi connectivity index (χ1n) is 7.88. The zero-order chi connectivity index (χ0) is 18.3. The van der Waals surface area contributed by atoms with Gasteiger partial charge in [-0.25, -0.2) is 8.42 Å². The Morgan fingerprint density at radius 3 is 2.80 bits per heavy atom. The standard InChI is InChI=1S/C16H20BrNO6S/c17-12-3-1-4-14(9-12)23-7-2-5-16(20)24-10-15(19)18-13-6-8-25(21,22)11-13/h1,3-4,9,13H,2,5-8,10-11H2,(H,18,19)/t13-/m0/s1. The molecule has 2 rings (SSSR count). The van der Waals surface area contributed by atoms with E-state index in [-0.39, 0.29) is 17.9 Å². The van der Waals surface area contributed by atoms with Crippen LogP contribution in [0.4, 0.5) is 0 Å². The number of esters is 1. The highest BCUT2D eigenvalue weighted by Crippen LogP contribution is 2.18. The predicted molar refractivity (Wildman–Crippen MR) is 95.0 cm³/mol. The average Bonchev–Trinajstić information content (AvgIpc) is 2.88. The summed E-state index contributed by atoms with van der Waals surface area (Å²) in [4.78, 5) is 23.2. The van der Waals surface area contributed by atoms with Crippen LogP contribution in [0.3, 0.4) is 0 Å². The lowest BCUT2D eigenvalue weighted by atomic mass is 10.2. The molecule has 0 saturated carbocycles. The number of carbonyl (C=O) groups excluding carboxylic acids is 2. The van der Waals surface area contributed by atoms with Crippen molar-refractivity contribution >= 4 is 37.6 Å². The molecule has 1 fully saturated rings. The number of hydrogen-bond acceptors (Lipinski definition) is 6. The lowest BCUT2D eigenvalue weighted by Crippen LogP contribution is -2.38. The summed E-state index contributed by atoms with van der Waals surface area (Å²) >= 11 is 3.34. The van der Waals surface area contributed by atoms with E-state index in [2.05, 4.69) is 21.2 Å². The average molecular weight is 434 g/mol. The Kier molecular flexibility index (Phi) is 7.24. The highest BCUT2D eigenvalue weighted by molar-refractivity contribution is 9.10. The van der Waals surface area contributed by atoms with Crippen LogP contribution in [0.5, 0.6) is 5.75 Å². The maximum Gasteiger partial charge on any atom is 0.306 e. The van der Waals surface area contributed by atoms with Gasteiger partial charge in [-0.2, -0.15) is 0 Å². The largest absolute Gasteiger partial charge is 0.494 e. The van der Waals surface area contributed by atoms with Crippen LogP contribution in [-0.2, 0) is 24.2 Å². The second-order valence-electron chi connectivity index (χ2n) is 5.74. The fraction of sp³-hybridized carbons (Fsp3) is 0.500. The van der Waals surface area contributed by atoms with E-state index in [1.165, 1.54) is 0 Å². The number of carbonyl (C=O) groups is 2. The molecule has 0 unspecified atom stereocenters. The Hall–Kier alpha value is -1.61. The van der Waals surface area contributed by atoms with E-state index in [4.69, 9.17) is 9.47 Å². The van der Waals surface area contributed by atoms with Crippen molar-refractivity contribution in [2.75, 3.05) is 24.7 Å². The Labute approximate surface area is 155 Å². The molecule has 1 aliphatic heterocycles. The molecule has 0 aromatic heterocycles. The van der Waals surface area contributed by atoms with Gasteiger partial charge in [0.1, 0.15) is 5.75 Å². The smallest absolute Gasteiger partial charge is 0.306 e. The van der Waals surface area contributed by atoms with Gasteiger partial charge in [-0.15, -0.1) is 0 Å². The number of sulfone groups is 1. The summed E-state index contributed by atoms with van der Waals surface area (Å²) in [6, 6.07) is 6.98. The summed E-state index contributed by atoms with van der Waals surface area (Å²) in [5, 5.41) is 2.56. The van der Waals surface area contributed by atoms with E-state index in [0.29, 0.717) is 25.2 Å². The molecule has 1 saturated heterocycles. The molecule has 1 aliphatic rings. The second kappa shape index (κ2) is 9.19. The van der Waals surface area contributed by atoms with Gasteiger partial charge in [0.15, 0.2) is 16.4 Å². The SMILES string of the molecule is O=C(COC(=O)CCCOc1cccc(Br)c1)N[C@H]1CCS(=O)(=O)C1. The Bertz CT molecular complexity index is 721. The third-order valence-electron chi connectivity index (χ3n) is 3.55. The van der Waals surface area contributed by atoms with E-state index in [0.717, 1.165) is 4.47 Å². The molecule has 25 heavy (non-hydrogen) atoms. The summed E-state index contributed by atoms with van der Waals surface area (Å²) in [6.45, 7) is -0.0421. The maximum absolute atomic E-state index is 11.6. The summed E-state index contributed by atoms with van der Waals surface area (Å²) < 4.78 is 33.9. The van der Waals surface area contributed by atoms with Crippen LogP contribution in [-0.4, -0.2) is 51.1 Å². The van der Waals surface area contributed by atoms with Crippen molar-refractivity contribution < 1.29 is 27.5 Å². The van der Waals surface area contributed by atoms with Crippen LogP contribution < -0.4 is 10.1 Å². The van der Waals surface area contributed by atoms with Gasteiger partial charge in [0, 0.05) is 16.9 Å². The molecule has 7 nitrogen and oxygen atoms in total. The fourth-order valence-corrected chi connectivity index (χ4v) is 4.41. The molecule has 1 N–H and O–H groups in total. The van der Waals surface area contributed by atoms with Gasteiger partial charge in [0.2, 0.25) is 0 Å². The van der Waals surface area contributed by atoms with Gasteiger partial charge in [0.05, 0.1) is 18.1 Å². The van der Waals surface area contributed by atoms with Crippen LogP contribution >= 0.6 is 15.9 Å². The zero-order valence-electron chi connectivity index (χ0n) is 13.6. The summed E-state index contributed by atoms with van der Waals surface area (Å²) in [7, 11) is -3.05. The van der Waals surface area contributed by atoms with Crippen LogP contribution in [0.2, 0.25) is 0 Å². The highest BCUT2D eigenvalue weighted by Gasteiger charge is 2.28. The molecule has 0 aliphatic carbocycles. The summed E-state index contributed by atoms with van der Waals surface area (Å²) in [6.07, 6.45) is 1.00. The Morgan fingerprint density at radius 1 is 1.32 bits per heavy atom. The molecular weight excluding hydrogens is 414 g/mol. The van der Waals surface area contributed by atoms with Crippen molar-refractivity contribution in [2.45, 2.75) is 25.3 Å². The molecule has 1 amide bonds. The molecule has 1 heterocycles. The van der Waals surface area contributed by atoms with Crippen molar-refractivity contribution in [3.63, 3.8) is 0 Å². The van der Waals surface area contributed by atoms with Crippen LogP contribution in [0.25, 0.3) is 0 Å². The van der Waals surface area contributed by atoms with Crippen LogP contribution in [0.1, 0.15) is 19.3 Å². The van der Waals surface area contributed by atoms with Crippen molar-refractivity contribution in [2.24, 2.45) is 0 Å². The second-order valence-corrected chi connectivity index (χ2v) is 8.88. The number of amides is 1. The van der Waals surface area contributed by atoms with Gasteiger partial charge < -0.3 is 14.8 Å². The van der Waals surface area contributed by atoms with E-state index >= 15 is 0 Å². The summed E-state index contributed by atoms with van der Waals surface area (Å²) in [5.74, 6) is -0.253. The van der Waals surface area contributed by atoms with Gasteiger partial charge >= 0.3 is 5.97 Å². The van der Waals surface area contributed by atoms with E-state index in [1.54, 1.807) is 0 Å². The molecule has 0 bridgehead atoms. The molecule has 1 atom stereocenters. The Morgan fingerprint density at radius 2 is 2.12 bits per heavy atom. The van der Waals surface area contributed by atoms with E-state index in [1.807, 2.05) is 24.3 Å². The van der Waals surface area contributed by atoms with Crippen LogP contribution in [0, 0.1) is 0 Å². The molecule has 0 spiro atoms. The van der Waals surface area contributed by atoms with Gasteiger partial charge in [0.25, 0.3) is 5.91 Å². The third kappa shape index (κ3) is 7.43. The highest BCUT2D eigenvalue weighted by atomic mass is 79.9. The van der Waals surface area contributed by atoms with Gasteiger partial charge in [-0.1, -0.05) is 22.0 Å². The number of halogens is 1. The molecule has 1 aromatic carbocycles. The zero-order valence-corrected chi connectivity index (χ0v) is 16.0. The van der Waals surface area contributed by atoms with Gasteiger partial charge in [-0.3, -0.25) is 9.59 Å². The van der Waals surface area contributed by atoms with E-state index in [9.17, 15) is 18.0 Å². The predicted octanol–water partition coefficient (Wildman–Crippen LogP) is 1.45. The topological polar surface area (TPSA) is 98.8 Å². The maximum atomic E-state index is 11.6. The first-order chi connectivity index (χ1) is 11.8. The minimum absolute atomic E-state index is 0.0559. The lowest BCUT2D eigenvalue weighted by molar-refractivity contribution is -0.148. The van der Waals surface area contributed by atoms with Crippen molar-refractivity contribution in [3.8, 4) is 5.75 Å². The van der Waals surface area contributed by atoms with E-state index < -0.39 is 34.4 Å². The van der Waals surface area contributed by atoms with Gasteiger partial charge in [-0.05, 0) is 31.0 Å². The van der Waals surface area contributed by atoms with Crippen LogP contribution in [0.15, 0.2) is 28.7 Å². The van der Waals surface area contributed by atoms with Crippen molar-refractivity contribution in [1.82, 2.24) is 5.32 Å². The first kappa shape index (κ1) is 19.7. The minimum Gasteiger partial charge on any atom is -0.494 e. The van der Waals surface area contributed by atoms with Crippen molar-refractivity contribution in [1.29, 1.82) is 0 Å².